The maximum atomic E-state index is 12.4. The molecule has 0 aliphatic rings. The van der Waals surface area contributed by atoms with Crippen LogP contribution in [0.5, 0.6) is 0 Å². The van der Waals surface area contributed by atoms with Crippen molar-refractivity contribution in [2.75, 3.05) is 0 Å². The molecule has 4 amide bonds. The molecule has 5 atom stereocenters. The van der Waals surface area contributed by atoms with Crippen molar-refractivity contribution >= 4 is 29.6 Å². The number of rotatable bonds is 12. The van der Waals surface area contributed by atoms with Gasteiger partial charge in [-0.25, -0.2) is 4.79 Å². The van der Waals surface area contributed by atoms with E-state index < -0.39 is 66.3 Å². The molecule has 166 valence electrons. The van der Waals surface area contributed by atoms with Crippen LogP contribution < -0.4 is 27.4 Å². The van der Waals surface area contributed by atoms with Crippen LogP contribution in [-0.4, -0.2) is 70.1 Å². The standard InChI is InChI=1S/C17H31N5O7/c1-7(2)5-11(17(28)29)22-15(26)10(6-12(18)24)21-14(25)8(3)20-16(27)13(19)9(4)23/h7-11,13,23H,5-6,19H2,1-4H3,(H2,18,24)(H,20,27)(H,21,25)(H,22,26)(H,28,29). The van der Waals surface area contributed by atoms with E-state index in [1.807, 2.05) is 0 Å². The molecule has 29 heavy (non-hydrogen) atoms. The highest BCUT2D eigenvalue weighted by Gasteiger charge is 2.30. The van der Waals surface area contributed by atoms with E-state index in [1.165, 1.54) is 13.8 Å². The van der Waals surface area contributed by atoms with Crippen LogP contribution in [0.25, 0.3) is 0 Å². The zero-order valence-corrected chi connectivity index (χ0v) is 17.0. The first-order chi connectivity index (χ1) is 13.3. The van der Waals surface area contributed by atoms with Crippen LogP contribution >= 0.6 is 0 Å². The molecule has 0 aliphatic heterocycles. The summed E-state index contributed by atoms with van der Waals surface area (Å²) in [4.78, 5) is 59.1. The second-order valence-corrected chi connectivity index (χ2v) is 7.26. The number of nitrogens with one attached hydrogen (secondary N) is 3. The lowest BCUT2D eigenvalue weighted by atomic mass is 10.0. The molecule has 9 N–H and O–H groups in total. The van der Waals surface area contributed by atoms with Gasteiger partial charge in [0.05, 0.1) is 12.5 Å². The second-order valence-electron chi connectivity index (χ2n) is 7.26. The SMILES string of the molecule is CC(C)CC(NC(=O)C(CC(N)=O)NC(=O)C(C)NC(=O)C(N)C(C)O)C(=O)O. The van der Waals surface area contributed by atoms with Gasteiger partial charge in [0, 0.05) is 0 Å². The summed E-state index contributed by atoms with van der Waals surface area (Å²) < 4.78 is 0. The van der Waals surface area contributed by atoms with E-state index in [0.29, 0.717) is 0 Å². The first-order valence-electron chi connectivity index (χ1n) is 9.12. The summed E-state index contributed by atoms with van der Waals surface area (Å²) in [5, 5.41) is 25.3. The minimum Gasteiger partial charge on any atom is -0.480 e. The van der Waals surface area contributed by atoms with Gasteiger partial charge in [-0.15, -0.1) is 0 Å². The Kier molecular flexibility index (Phi) is 10.8. The van der Waals surface area contributed by atoms with E-state index in [2.05, 4.69) is 16.0 Å². The highest BCUT2D eigenvalue weighted by molar-refractivity contribution is 5.96. The zero-order valence-electron chi connectivity index (χ0n) is 17.0. The fraction of sp³-hybridized carbons (Fsp3) is 0.706. The van der Waals surface area contributed by atoms with Crippen molar-refractivity contribution in [2.24, 2.45) is 17.4 Å². The van der Waals surface area contributed by atoms with Crippen LogP contribution in [0.4, 0.5) is 0 Å². The van der Waals surface area contributed by atoms with Gasteiger partial charge in [0.25, 0.3) is 0 Å². The molecule has 0 aromatic rings. The van der Waals surface area contributed by atoms with E-state index in [9.17, 15) is 34.2 Å². The summed E-state index contributed by atoms with van der Waals surface area (Å²) in [7, 11) is 0. The smallest absolute Gasteiger partial charge is 0.326 e. The number of primary amides is 1. The molecule has 0 saturated heterocycles. The summed E-state index contributed by atoms with van der Waals surface area (Å²) in [5.74, 6) is -4.70. The Morgan fingerprint density at radius 2 is 1.38 bits per heavy atom. The lowest BCUT2D eigenvalue weighted by molar-refractivity contribution is -0.143. The van der Waals surface area contributed by atoms with E-state index in [-0.39, 0.29) is 12.3 Å². The van der Waals surface area contributed by atoms with Gasteiger partial charge in [-0.05, 0) is 26.2 Å². The number of carbonyl (C=O) groups excluding carboxylic acids is 4. The third-order valence-electron chi connectivity index (χ3n) is 3.93. The lowest BCUT2D eigenvalue weighted by Crippen LogP contribution is -2.58. The molecule has 0 radical (unpaired) electrons. The van der Waals surface area contributed by atoms with Crippen molar-refractivity contribution in [3.8, 4) is 0 Å². The molecule has 12 nitrogen and oxygen atoms in total. The number of hydrogen-bond acceptors (Lipinski definition) is 7. The maximum Gasteiger partial charge on any atom is 0.326 e. The van der Waals surface area contributed by atoms with Crippen molar-refractivity contribution in [3.05, 3.63) is 0 Å². The number of carboxylic acids is 1. The Hall–Kier alpha value is -2.73. The number of nitrogens with two attached hydrogens (primary N) is 2. The molecule has 0 aromatic carbocycles. The lowest BCUT2D eigenvalue weighted by Gasteiger charge is -2.24. The van der Waals surface area contributed by atoms with Gasteiger partial charge in [-0.2, -0.15) is 0 Å². The Labute approximate surface area is 168 Å². The molecule has 0 bridgehead atoms. The number of aliphatic hydroxyl groups is 1. The summed E-state index contributed by atoms with van der Waals surface area (Å²) in [5.41, 5.74) is 10.6. The van der Waals surface area contributed by atoms with Crippen LogP contribution in [-0.2, 0) is 24.0 Å². The number of aliphatic hydroxyl groups excluding tert-OH is 1. The monoisotopic (exact) mass is 417 g/mol. The Morgan fingerprint density at radius 1 is 0.862 bits per heavy atom. The van der Waals surface area contributed by atoms with E-state index in [1.54, 1.807) is 13.8 Å². The average Bonchev–Trinajstić information content (AvgIpc) is 2.58. The number of carbonyl (C=O) groups is 5. The summed E-state index contributed by atoms with van der Waals surface area (Å²) in [6.45, 7) is 6.15. The maximum absolute atomic E-state index is 12.4. The first-order valence-corrected chi connectivity index (χ1v) is 9.12. The van der Waals surface area contributed by atoms with Crippen molar-refractivity contribution in [1.82, 2.24) is 16.0 Å². The van der Waals surface area contributed by atoms with Crippen molar-refractivity contribution in [2.45, 2.75) is 70.8 Å². The number of carboxylic acid groups (broad SMARTS) is 1. The Morgan fingerprint density at radius 3 is 1.79 bits per heavy atom. The van der Waals surface area contributed by atoms with E-state index in [4.69, 9.17) is 11.5 Å². The zero-order chi connectivity index (χ0) is 22.9. The number of amides is 4. The van der Waals surface area contributed by atoms with Crippen LogP contribution in [0.3, 0.4) is 0 Å². The number of hydrogen-bond donors (Lipinski definition) is 7. The molecule has 5 unspecified atom stereocenters. The largest absolute Gasteiger partial charge is 0.480 e. The Balaban J connectivity index is 5.15. The molecular formula is C17H31N5O7. The predicted molar refractivity (Wildman–Crippen MR) is 102 cm³/mol. The van der Waals surface area contributed by atoms with Gasteiger partial charge in [0.2, 0.25) is 23.6 Å². The van der Waals surface area contributed by atoms with Gasteiger partial charge < -0.3 is 37.6 Å². The summed E-state index contributed by atoms with van der Waals surface area (Å²) >= 11 is 0. The first kappa shape index (κ1) is 26.3. The van der Waals surface area contributed by atoms with Crippen LogP contribution in [0.2, 0.25) is 0 Å². The average molecular weight is 417 g/mol. The summed E-state index contributed by atoms with van der Waals surface area (Å²) in [6, 6.07) is -5.06. The molecule has 0 rings (SSSR count). The third kappa shape index (κ3) is 9.85. The third-order valence-corrected chi connectivity index (χ3v) is 3.93. The highest BCUT2D eigenvalue weighted by atomic mass is 16.4. The normalized spacial score (nSPS) is 16.1. The molecule has 0 aromatic heterocycles. The second kappa shape index (κ2) is 12.0. The van der Waals surface area contributed by atoms with Crippen LogP contribution in [0.1, 0.15) is 40.5 Å². The van der Waals surface area contributed by atoms with E-state index in [0.717, 1.165) is 0 Å². The molecule has 0 saturated carbocycles. The molecule has 12 heteroatoms. The quantitative estimate of drug-likeness (QED) is 0.175. The molecule has 0 spiro atoms. The van der Waals surface area contributed by atoms with Crippen molar-refractivity contribution in [3.63, 3.8) is 0 Å². The minimum atomic E-state index is -1.43. The van der Waals surface area contributed by atoms with Crippen molar-refractivity contribution in [1.29, 1.82) is 0 Å². The van der Waals surface area contributed by atoms with Gasteiger partial charge >= 0.3 is 5.97 Å². The van der Waals surface area contributed by atoms with Gasteiger partial charge in [-0.3, -0.25) is 19.2 Å². The van der Waals surface area contributed by atoms with Gasteiger partial charge in [0.1, 0.15) is 24.2 Å². The van der Waals surface area contributed by atoms with Crippen molar-refractivity contribution < 1.29 is 34.2 Å². The topological polar surface area (TPSA) is 214 Å². The fourth-order valence-corrected chi connectivity index (χ4v) is 2.27. The molecule has 0 aliphatic carbocycles. The van der Waals surface area contributed by atoms with Crippen LogP contribution in [0, 0.1) is 5.92 Å². The minimum absolute atomic E-state index is 0.0334. The fourth-order valence-electron chi connectivity index (χ4n) is 2.27. The van der Waals surface area contributed by atoms with E-state index >= 15 is 0 Å². The number of aliphatic carboxylic acids is 1. The molecular weight excluding hydrogens is 386 g/mol. The van der Waals surface area contributed by atoms with Crippen LogP contribution in [0.15, 0.2) is 0 Å². The van der Waals surface area contributed by atoms with Gasteiger partial charge in [0.15, 0.2) is 0 Å². The highest BCUT2D eigenvalue weighted by Crippen LogP contribution is 2.06. The summed E-state index contributed by atoms with van der Waals surface area (Å²) in [6.07, 6.45) is -1.57. The molecule has 0 fully saturated rings. The predicted octanol–water partition coefficient (Wildman–Crippen LogP) is -2.83. The molecule has 0 heterocycles. The Bertz CT molecular complexity index is 623. The van der Waals surface area contributed by atoms with Gasteiger partial charge in [-0.1, -0.05) is 13.8 Å².